The number of hydrogen-bond acceptors (Lipinski definition) is 26. The molecule has 1 aliphatic carbocycles. The number of nitrogens with two attached hydrogens (primary N) is 3. The van der Waals surface area contributed by atoms with Crippen molar-refractivity contribution < 1.29 is 77.8 Å². The van der Waals surface area contributed by atoms with Crippen LogP contribution in [-0.2, 0) is 48.1 Å². The second-order valence-corrected chi connectivity index (χ2v) is 25.5. The van der Waals surface area contributed by atoms with Gasteiger partial charge in [-0.05, 0) is 163 Å². The van der Waals surface area contributed by atoms with Crippen LogP contribution in [0, 0.1) is 60.7 Å². The van der Waals surface area contributed by atoms with Gasteiger partial charge < -0.3 is 57.9 Å². The number of carbonyl (C=O) groups is 6. The minimum absolute atomic E-state index is 0.0134. The number of carboxylic acids is 1. The van der Waals surface area contributed by atoms with E-state index >= 15 is 0 Å². The molecule has 0 radical (unpaired) electrons. The number of nitrogens with one attached hydrogen (secondary N) is 4. The normalized spacial score (nSPS) is 11.4. The van der Waals surface area contributed by atoms with Crippen molar-refractivity contribution in [1.82, 2.24) is 21.0 Å². The number of rotatable bonds is 40. The van der Waals surface area contributed by atoms with Crippen molar-refractivity contribution in [3.8, 4) is 28.2 Å². The van der Waals surface area contributed by atoms with Gasteiger partial charge in [0.2, 0.25) is 11.8 Å². The van der Waals surface area contributed by atoms with Gasteiger partial charge in [-0.25, -0.2) is 9.59 Å². The minimum atomic E-state index is -1.20. The Labute approximate surface area is 639 Å². The highest BCUT2D eigenvalue weighted by Crippen LogP contribution is 2.42. The SMILES string of the molecule is NCCCN.NCCCNC(=O)CCCCCCc1ccc([N+](=O)[O-])cc1[N+](=O)[O-].O=C(CCCCCCc1ccc([N+](=O)[O-])cc1[N+](=O)[O-])NCCCNC(=S)Nc1ccc(-c2c3ccc(=O)cc-3oc3cc([O-])ccc23)c(C(=O)O)c1.O=C(CCCCCCc1ccc([N+](=O)[O-])cc1[N+](=O)[O-])ON1C(=O)CCC1=O. The number of unbranched alkanes of at least 4 members (excludes halogenated alkanes) is 9. The lowest BCUT2D eigenvalue weighted by Crippen LogP contribution is -2.32. The molecule has 0 spiro atoms. The standard InChI is InChI=1S/C37H35N5O10S.C17H19N3O8.C16H24N4O5.C3H10N2/c43-25-11-14-28-32(20-25)52-33-21-26(44)12-15-29(33)35(28)27-13-9-23(18-30(27)36(46)47)40-37(53)39-17-5-16-38-34(45)7-4-2-1-3-6-22-8-10-24(41(48)49)19-31(22)42(50)51;21-15-9-10-16(22)18(15)28-17(23)6-4-2-1-3-5-12-7-8-13(19(24)25)11-14(12)20(26)27;17-10-5-11-18-16(21)7-4-2-1-3-6-13-8-9-14(19(22)23)12-15(13)20(24)25;4-2-1-3-5/h8-15,18-21,43H,1-7,16-17H2,(H,38,45)(H,46,47)(H2,39,40,53);7-8,11H,1-6,9-10H2;8-9,12H,1-7,10-11,17H2,(H,18,21);1-5H2/p-1. The number of non-ortho nitro benzene ring substituents is 3. The van der Waals surface area contributed by atoms with Crippen molar-refractivity contribution in [3.63, 3.8) is 0 Å². The molecular formula is C73H87N14O23S-. The van der Waals surface area contributed by atoms with E-state index in [-0.39, 0.29) is 98.4 Å². The number of carbonyl (C=O) groups excluding carboxylic acids is 5. The van der Waals surface area contributed by atoms with Gasteiger partial charge in [0.15, 0.2) is 10.5 Å². The van der Waals surface area contributed by atoms with Crippen LogP contribution in [0.15, 0.2) is 118 Å². The third kappa shape index (κ3) is 29.9. The maximum absolute atomic E-state index is 12.5. The lowest BCUT2D eigenvalue weighted by atomic mass is 9.90. The summed E-state index contributed by atoms with van der Waals surface area (Å²) in [5.41, 5.74) is 16.8. The molecule has 11 N–H and O–H groups in total. The molecule has 0 bridgehead atoms. The number of amides is 4. The lowest BCUT2D eigenvalue weighted by Gasteiger charge is -2.18. The highest BCUT2D eigenvalue weighted by molar-refractivity contribution is 7.80. The van der Waals surface area contributed by atoms with Gasteiger partial charge in [0.05, 0.1) is 53.3 Å². The third-order valence-corrected chi connectivity index (χ3v) is 17.2. The topological polar surface area (TPSA) is 573 Å². The van der Waals surface area contributed by atoms with Crippen LogP contribution in [0.2, 0.25) is 0 Å². The molecule has 2 aliphatic heterocycles. The highest BCUT2D eigenvalue weighted by Gasteiger charge is 2.33. The van der Waals surface area contributed by atoms with E-state index in [0.29, 0.717) is 153 Å². The smallest absolute Gasteiger partial charge is 0.336 e. The summed E-state index contributed by atoms with van der Waals surface area (Å²) in [6.07, 6.45) is 12.9. The quantitative estimate of drug-likeness (QED) is 0.00442. The van der Waals surface area contributed by atoms with E-state index in [9.17, 15) is 104 Å². The molecule has 0 atom stereocenters. The Morgan fingerprint density at radius 3 is 1.37 bits per heavy atom. The molecule has 594 valence electrons. The van der Waals surface area contributed by atoms with Gasteiger partial charge in [0, 0.05) is 115 Å². The Bertz CT molecular complexity index is 4480. The molecular weight excluding hydrogens is 1470 g/mol. The predicted octanol–water partition coefficient (Wildman–Crippen LogP) is 10.5. The van der Waals surface area contributed by atoms with Crippen molar-refractivity contribution >= 4 is 104 Å². The molecule has 4 amide bonds. The Hall–Kier alpha value is -12.4. The van der Waals surface area contributed by atoms with Crippen LogP contribution in [0.4, 0.5) is 39.8 Å². The second kappa shape index (κ2) is 46.7. The molecule has 111 heavy (non-hydrogen) atoms. The first-order valence-corrected chi connectivity index (χ1v) is 36.0. The number of nitro benzene ring substituents is 6. The summed E-state index contributed by atoms with van der Waals surface area (Å²) >= 11 is 5.39. The Balaban J connectivity index is 0.000000318. The summed E-state index contributed by atoms with van der Waals surface area (Å²) in [5.74, 6) is -3.08. The van der Waals surface area contributed by atoms with Crippen molar-refractivity contribution in [2.75, 3.05) is 44.6 Å². The van der Waals surface area contributed by atoms with Crippen LogP contribution in [0.3, 0.4) is 0 Å². The van der Waals surface area contributed by atoms with Gasteiger partial charge in [-0.1, -0.05) is 56.7 Å². The van der Waals surface area contributed by atoms with E-state index in [4.69, 9.17) is 38.7 Å². The molecule has 1 saturated heterocycles. The molecule has 0 unspecified atom stereocenters. The number of nitro groups is 6. The van der Waals surface area contributed by atoms with E-state index in [1.165, 1.54) is 66.7 Å². The number of nitrogens with zero attached hydrogens (tertiary/aromatic N) is 7. The van der Waals surface area contributed by atoms with Gasteiger partial charge in [-0.2, -0.15) is 0 Å². The maximum atomic E-state index is 12.5. The van der Waals surface area contributed by atoms with Crippen molar-refractivity contribution in [2.24, 2.45) is 17.2 Å². The fourth-order valence-corrected chi connectivity index (χ4v) is 11.5. The Morgan fingerprint density at radius 2 is 0.928 bits per heavy atom. The van der Waals surface area contributed by atoms with Crippen LogP contribution < -0.4 is 49.0 Å². The van der Waals surface area contributed by atoms with Gasteiger partial charge in [-0.3, -0.25) is 84.7 Å². The second-order valence-electron chi connectivity index (χ2n) is 25.1. The summed E-state index contributed by atoms with van der Waals surface area (Å²) in [5, 5.41) is 101. The van der Waals surface area contributed by atoms with Crippen molar-refractivity contribution in [3.05, 3.63) is 202 Å². The fraction of sp³-hybridized carbons (Fsp3) is 0.397. The van der Waals surface area contributed by atoms with Gasteiger partial charge in [0.1, 0.15) is 11.3 Å². The maximum Gasteiger partial charge on any atom is 0.336 e. The molecule has 3 aliphatic rings. The molecule has 5 aromatic rings. The molecule has 38 heteroatoms. The number of imide groups is 1. The highest BCUT2D eigenvalue weighted by atomic mass is 32.1. The molecule has 37 nitrogen and oxygen atoms in total. The summed E-state index contributed by atoms with van der Waals surface area (Å²) in [6, 6.07) is 24.1. The van der Waals surface area contributed by atoms with E-state index in [0.717, 1.165) is 82.7 Å². The number of fused-ring (bicyclic) bond motifs is 2. The summed E-state index contributed by atoms with van der Waals surface area (Å²) in [7, 11) is 0. The number of hydroxylamine groups is 2. The zero-order chi connectivity index (χ0) is 81.5. The Morgan fingerprint density at radius 1 is 0.486 bits per heavy atom. The first kappa shape index (κ1) is 89.2. The molecule has 0 saturated carbocycles. The summed E-state index contributed by atoms with van der Waals surface area (Å²) in [6.45, 7) is 3.42. The van der Waals surface area contributed by atoms with Crippen molar-refractivity contribution in [2.45, 2.75) is 148 Å². The minimum Gasteiger partial charge on any atom is -0.872 e. The number of aromatic carboxylic acids is 1. The zero-order valence-corrected chi connectivity index (χ0v) is 61.4. The van der Waals surface area contributed by atoms with E-state index in [2.05, 4.69) is 21.3 Å². The monoisotopic (exact) mass is 1560 g/mol. The van der Waals surface area contributed by atoms with Crippen molar-refractivity contribution in [1.29, 1.82) is 0 Å². The van der Waals surface area contributed by atoms with Gasteiger partial charge >= 0.3 is 11.9 Å². The van der Waals surface area contributed by atoms with E-state index in [1.807, 2.05) is 0 Å². The van der Waals surface area contributed by atoms with Crippen LogP contribution in [0.25, 0.3) is 33.4 Å². The number of anilines is 1. The van der Waals surface area contributed by atoms with Crippen LogP contribution >= 0.6 is 12.2 Å². The number of thiocarbonyl (C=S) groups is 1. The van der Waals surface area contributed by atoms with E-state index < -0.39 is 53.3 Å². The molecule has 8 rings (SSSR count). The fourth-order valence-electron chi connectivity index (χ4n) is 11.3. The van der Waals surface area contributed by atoms with Crippen LogP contribution in [0.5, 0.6) is 5.75 Å². The zero-order valence-electron chi connectivity index (χ0n) is 60.6. The van der Waals surface area contributed by atoms with Gasteiger partial charge in [0.25, 0.3) is 45.9 Å². The molecule has 0 aromatic heterocycles. The number of carboxylic acid groups (broad SMARTS) is 1. The molecule has 5 aromatic carbocycles. The number of benzene rings is 6. The first-order chi connectivity index (χ1) is 53.1. The van der Waals surface area contributed by atoms with Crippen LogP contribution in [0.1, 0.15) is 155 Å². The number of hydrogen-bond donors (Lipinski definition) is 8. The average Bonchev–Trinajstić information content (AvgIpc) is 1.27. The largest absolute Gasteiger partial charge is 0.872 e. The predicted molar refractivity (Wildman–Crippen MR) is 409 cm³/mol. The van der Waals surface area contributed by atoms with Crippen LogP contribution in [-0.4, -0.2) is 120 Å². The number of aryl methyl sites for hydroxylation is 3. The summed E-state index contributed by atoms with van der Waals surface area (Å²) in [4.78, 5) is 149. The summed E-state index contributed by atoms with van der Waals surface area (Å²) < 4.78 is 5.84. The Kier molecular flexibility index (Phi) is 37.5. The average molecular weight is 1560 g/mol. The lowest BCUT2D eigenvalue weighted by molar-refractivity contribution is -0.394. The van der Waals surface area contributed by atoms with E-state index in [1.54, 1.807) is 24.3 Å². The first-order valence-electron chi connectivity index (χ1n) is 35.6. The van der Waals surface area contributed by atoms with Gasteiger partial charge in [-0.15, -0.1) is 10.8 Å². The molecule has 1 fully saturated rings. The molecule has 2 heterocycles. The third-order valence-electron chi connectivity index (χ3n) is 16.9.